The highest BCUT2D eigenvalue weighted by Gasteiger charge is 2.27. The molecule has 0 aliphatic heterocycles. The van der Waals surface area contributed by atoms with Crippen molar-refractivity contribution < 1.29 is 15.1 Å². The molecular weight excluding hydrogens is 283 g/mol. The summed E-state index contributed by atoms with van der Waals surface area (Å²) in [5, 5.41) is 38.4. The predicted octanol–water partition coefficient (Wildman–Crippen LogP) is 2.21. The Kier molecular flexibility index (Phi) is 4.87. The lowest BCUT2D eigenvalue weighted by molar-refractivity contribution is -0.386. The molecule has 1 aromatic rings. The first-order valence-corrected chi connectivity index (χ1v) is 5.50. The lowest BCUT2D eigenvalue weighted by Gasteiger charge is -2.16. The maximum atomic E-state index is 10.8. The van der Waals surface area contributed by atoms with E-state index in [1.807, 2.05) is 0 Å². The van der Waals surface area contributed by atoms with Gasteiger partial charge in [-0.05, 0) is 6.07 Å². The third-order valence-corrected chi connectivity index (χ3v) is 2.97. The second-order valence-electron chi connectivity index (χ2n) is 3.46. The van der Waals surface area contributed by atoms with Crippen LogP contribution in [0.15, 0.2) is 12.1 Å². The molecule has 8 heteroatoms. The second kappa shape index (κ2) is 5.98. The van der Waals surface area contributed by atoms with Crippen LogP contribution in [0.5, 0.6) is 0 Å². The summed E-state index contributed by atoms with van der Waals surface area (Å²) in [5.41, 5.74) is -0.647. The molecule has 2 unspecified atom stereocenters. The molecule has 0 radical (unpaired) electrons. The third-order valence-electron chi connectivity index (χ3n) is 2.25. The molecule has 2 atom stereocenters. The summed E-state index contributed by atoms with van der Waals surface area (Å²) in [6.07, 6.45) is -3.38. The van der Waals surface area contributed by atoms with E-state index in [0.717, 1.165) is 12.1 Å². The maximum absolute atomic E-state index is 10.8. The summed E-state index contributed by atoms with van der Waals surface area (Å²) in [6, 6.07) is 3.75. The molecule has 0 fully saturated rings. The molecule has 2 N–H and O–H groups in total. The average Bonchev–Trinajstić information content (AvgIpc) is 2.31. The van der Waals surface area contributed by atoms with Crippen LogP contribution in [-0.2, 0) is 0 Å². The zero-order chi connectivity index (χ0) is 13.9. The molecule has 0 spiro atoms. The summed E-state index contributed by atoms with van der Waals surface area (Å²) in [6.45, 7) is 0. The first-order valence-electron chi connectivity index (χ1n) is 4.75. The summed E-state index contributed by atoms with van der Waals surface area (Å²) < 4.78 is 0. The summed E-state index contributed by atoms with van der Waals surface area (Å²) >= 11 is 11.3. The molecule has 0 heterocycles. The van der Waals surface area contributed by atoms with Crippen molar-refractivity contribution in [2.75, 3.05) is 0 Å². The molecule has 0 bridgehead atoms. The second-order valence-corrected chi connectivity index (χ2v) is 4.27. The Bertz CT molecular complexity index is 515. The van der Waals surface area contributed by atoms with E-state index in [1.54, 1.807) is 6.07 Å². The number of nitro benzene ring substituents is 1. The molecule has 0 saturated heterocycles. The Morgan fingerprint density at radius 3 is 2.44 bits per heavy atom. The van der Waals surface area contributed by atoms with Gasteiger partial charge in [0, 0.05) is 6.07 Å². The fourth-order valence-corrected chi connectivity index (χ4v) is 1.69. The Hall–Kier alpha value is -1.39. The van der Waals surface area contributed by atoms with Gasteiger partial charge >= 0.3 is 0 Å². The fourth-order valence-electron chi connectivity index (χ4n) is 1.36. The lowest BCUT2D eigenvalue weighted by Crippen LogP contribution is -2.18. The van der Waals surface area contributed by atoms with Gasteiger partial charge in [-0.1, -0.05) is 23.2 Å². The number of nitrogens with zero attached hydrogens (tertiary/aromatic N) is 2. The van der Waals surface area contributed by atoms with Gasteiger partial charge < -0.3 is 10.2 Å². The normalized spacial score (nSPS) is 13.7. The highest BCUT2D eigenvalue weighted by atomic mass is 35.5. The smallest absolute Gasteiger partial charge is 0.276 e. The number of benzene rings is 1. The third kappa shape index (κ3) is 3.09. The SMILES string of the molecule is N#CCC(O)C(O)c1cc(Cl)c(Cl)cc1[N+](=O)[O-]. The fraction of sp³-hybridized carbons (Fsp3) is 0.300. The zero-order valence-electron chi connectivity index (χ0n) is 8.88. The minimum absolute atomic E-state index is 0.0143. The number of hydrogen-bond donors (Lipinski definition) is 2. The van der Waals surface area contributed by atoms with Gasteiger partial charge in [-0.25, -0.2) is 0 Å². The van der Waals surface area contributed by atoms with Crippen molar-refractivity contribution >= 4 is 28.9 Å². The Labute approximate surface area is 112 Å². The van der Waals surface area contributed by atoms with E-state index >= 15 is 0 Å². The van der Waals surface area contributed by atoms with Crippen LogP contribution in [0.25, 0.3) is 0 Å². The first kappa shape index (κ1) is 14.7. The number of aliphatic hydroxyl groups excluding tert-OH is 2. The molecule has 0 aromatic heterocycles. The Morgan fingerprint density at radius 2 is 1.94 bits per heavy atom. The topological polar surface area (TPSA) is 107 Å². The minimum atomic E-state index is -1.58. The van der Waals surface area contributed by atoms with Crippen molar-refractivity contribution in [3.05, 3.63) is 37.9 Å². The summed E-state index contributed by atoms with van der Waals surface area (Å²) in [7, 11) is 0. The van der Waals surface area contributed by atoms with Crippen LogP contribution >= 0.6 is 23.2 Å². The highest BCUT2D eigenvalue weighted by molar-refractivity contribution is 6.42. The van der Waals surface area contributed by atoms with Crippen LogP contribution in [0.3, 0.4) is 0 Å². The van der Waals surface area contributed by atoms with Gasteiger partial charge in [0.25, 0.3) is 5.69 Å². The monoisotopic (exact) mass is 290 g/mol. The van der Waals surface area contributed by atoms with Crippen molar-refractivity contribution in [3.8, 4) is 6.07 Å². The van der Waals surface area contributed by atoms with Gasteiger partial charge in [0.05, 0.1) is 39.1 Å². The number of rotatable bonds is 4. The molecular formula is C10H8Cl2N2O4. The van der Waals surface area contributed by atoms with Gasteiger partial charge in [-0.15, -0.1) is 0 Å². The van der Waals surface area contributed by atoms with Crippen LogP contribution in [0.4, 0.5) is 5.69 Å². The van der Waals surface area contributed by atoms with Gasteiger partial charge in [0.1, 0.15) is 6.10 Å². The van der Waals surface area contributed by atoms with Gasteiger partial charge in [0.15, 0.2) is 0 Å². The number of hydrogen-bond acceptors (Lipinski definition) is 5. The average molecular weight is 291 g/mol. The Morgan fingerprint density at radius 1 is 1.39 bits per heavy atom. The van der Waals surface area contributed by atoms with Crippen LogP contribution in [-0.4, -0.2) is 21.2 Å². The predicted molar refractivity (Wildman–Crippen MR) is 64.3 cm³/mol. The van der Waals surface area contributed by atoms with Crippen LogP contribution in [0.2, 0.25) is 10.0 Å². The van der Waals surface area contributed by atoms with Crippen LogP contribution < -0.4 is 0 Å². The van der Waals surface area contributed by atoms with E-state index in [9.17, 15) is 20.3 Å². The van der Waals surface area contributed by atoms with Gasteiger partial charge in [0.2, 0.25) is 0 Å². The van der Waals surface area contributed by atoms with E-state index in [1.165, 1.54) is 0 Å². The van der Waals surface area contributed by atoms with E-state index in [4.69, 9.17) is 28.5 Å². The van der Waals surface area contributed by atoms with E-state index in [2.05, 4.69) is 0 Å². The van der Waals surface area contributed by atoms with Crippen LogP contribution in [0.1, 0.15) is 18.1 Å². The van der Waals surface area contributed by atoms with Gasteiger partial charge in [-0.2, -0.15) is 5.26 Å². The number of nitro groups is 1. The van der Waals surface area contributed by atoms with Crippen molar-refractivity contribution in [2.45, 2.75) is 18.6 Å². The maximum Gasteiger partial charge on any atom is 0.276 e. The molecule has 0 amide bonds. The number of aliphatic hydroxyl groups is 2. The molecule has 6 nitrogen and oxygen atoms in total. The van der Waals surface area contributed by atoms with Crippen molar-refractivity contribution in [3.63, 3.8) is 0 Å². The molecule has 0 aliphatic carbocycles. The van der Waals surface area contributed by atoms with E-state index in [-0.39, 0.29) is 22.0 Å². The molecule has 0 saturated carbocycles. The summed E-state index contributed by atoms with van der Waals surface area (Å²) in [4.78, 5) is 10.1. The summed E-state index contributed by atoms with van der Waals surface area (Å²) in [5.74, 6) is 0. The molecule has 18 heavy (non-hydrogen) atoms. The van der Waals surface area contributed by atoms with Crippen molar-refractivity contribution in [2.24, 2.45) is 0 Å². The highest BCUT2D eigenvalue weighted by Crippen LogP contribution is 2.35. The molecule has 1 aromatic carbocycles. The molecule has 0 aliphatic rings. The van der Waals surface area contributed by atoms with Crippen LogP contribution in [0, 0.1) is 21.4 Å². The van der Waals surface area contributed by atoms with Gasteiger partial charge in [-0.3, -0.25) is 10.1 Å². The van der Waals surface area contributed by atoms with Crippen molar-refractivity contribution in [1.82, 2.24) is 0 Å². The quantitative estimate of drug-likeness (QED) is 0.653. The number of nitriles is 1. The van der Waals surface area contributed by atoms with Crippen molar-refractivity contribution in [1.29, 1.82) is 5.26 Å². The minimum Gasteiger partial charge on any atom is -0.389 e. The molecule has 96 valence electrons. The first-order chi connectivity index (χ1) is 8.38. The Balaban J connectivity index is 3.26. The number of halogens is 2. The standard InChI is InChI=1S/C10H8Cl2N2O4/c11-6-3-5(10(16)9(15)1-2-13)8(14(17)18)4-7(6)12/h3-4,9-10,15-16H,1H2. The van der Waals surface area contributed by atoms with E-state index < -0.39 is 22.8 Å². The molecule has 1 rings (SSSR count). The van der Waals surface area contributed by atoms with E-state index in [0.29, 0.717) is 0 Å². The largest absolute Gasteiger partial charge is 0.389 e. The zero-order valence-corrected chi connectivity index (χ0v) is 10.4. The lowest BCUT2D eigenvalue weighted by atomic mass is 10.0.